The second-order valence-corrected chi connectivity index (χ2v) is 5.28. The summed E-state index contributed by atoms with van der Waals surface area (Å²) in [5, 5.41) is 3.32. The average Bonchev–Trinajstić information content (AvgIpc) is 2.57. The van der Waals surface area contributed by atoms with Gasteiger partial charge in [-0.25, -0.2) is 0 Å². The van der Waals surface area contributed by atoms with Gasteiger partial charge in [0, 0.05) is 29.4 Å². The van der Waals surface area contributed by atoms with Crippen molar-refractivity contribution in [3.63, 3.8) is 0 Å². The summed E-state index contributed by atoms with van der Waals surface area (Å²) in [4.78, 5) is 27.2. The highest BCUT2D eigenvalue weighted by Crippen LogP contribution is 2.12. The number of carbonyl (C=O) groups excluding carboxylic acids is 2. The van der Waals surface area contributed by atoms with Gasteiger partial charge in [0.15, 0.2) is 0 Å². The number of aryl methyl sites for hydroxylation is 1. The smallest absolute Gasteiger partial charge is 0.306 e. The molecule has 0 atom stereocenters. The highest BCUT2D eigenvalue weighted by atomic mass is 35.5. The van der Waals surface area contributed by atoms with Crippen molar-refractivity contribution in [2.24, 2.45) is 0 Å². The number of pyridine rings is 1. The molecule has 0 saturated carbocycles. The first-order valence-corrected chi connectivity index (χ1v) is 7.61. The zero-order chi connectivity index (χ0) is 16.5. The van der Waals surface area contributed by atoms with E-state index in [-0.39, 0.29) is 31.4 Å². The van der Waals surface area contributed by atoms with Crippen molar-refractivity contribution in [2.75, 3.05) is 13.2 Å². The molecule has 0 aliphatic carbocycles. The number of amides is 1. The Labute approximate surface area is 139 Å². The van der Waals surface area contributed by atoms with Crippen molar-refractivity contribution in [1.29, 1.82) is 0 Å². The molecule has 1 N–H and O–H groups in total. The maximum Gasteiger partial charge on any atom is 0.306 e. The second-order valence-electron chi connectivity index (χ2n) is 4.84. The minimum atomic E-state index is -0.303. The minimum Gasteiger partial charge on any atom is -0.464 e. The fraction of sp³-hybridized carbons (Fsp3) is 0.235. The van der Waals surface area contributed by atoms with Crippen LogP contribution in [0.25, 0.3) is 0 Å². The van der Waals surface area contributed by atoms with E-state index >= 15 is 0 Å². The quantitative estimate of drug-likeness (QED) is 0.625. The van der Waals surface area contributed by atoms with Crippen LogP contribution in [0.4, 0.5) is 0 Å². The second kappa shape index (κ2) is 8.90. The van der Waals surface area contributed by atoms with Gasteiger partial charge in [-0.2, -0.15) is 0 Å². The van der Waals surface area contributed by atoms with Crippen molar-refractivity contribution in [2.45, 2.75) is 12.8 Å². The van der Waals surface area contributed by atoms with Crippen molar-refractivity contribution < 1.29 is 14.3 Å². The first-order chi connectivity index (χ1) is 11.1. The number of nitrogens with one attached hydrogen (secondary N) is 1. The number of hydrogen-bond acceptors (Lipinski definition) is 4. The fourth-order valence-electron chi connectivity index (χ4n) is 1.95. The molecule has 1 aromatic carbocycles. The van der Waals surface area contributed by atoms with Crippen LogP contribution in [-0.2, 0) is 16.0 Å². The zero-order valence-electron chi connectivity index (χ0n) is 12.5. The van der Waals surface area contributed by atoms with Crippen molar-refractivity contribution in [3.8, 4) is 0 Å². The lowest BCUT2D eigenvalue weighted by Crippen LogP contribution is -2.28. The highest BCUT2D eigenvalue weighted by Gasteiger charge is 2.06. The summed E-state index contributed by atoms with van der Waals surface area (Å²) < 4.78 is 5.08. The lowest BCUT2D eigenvalue weighted by molar-refractivity contribution is -0.143. The largest absolute Gasteiger partial charge is 0.464 e. The van der Waals surface area contributed by atoms with E-state index in [1.165, 1.54) is 0 Å². The van der Waals surface area contributed by atoms with E-state index in [9.17, 15) is 9.59 Å². The molecule has 0 saturated heterocycles. The van der Waals surface area contributed by atoms with E-state index in [4.69, 9.17) is 16.3 Å². The first-order valence-electron chi connectivity index (χ1n) is 7.23. The molecule has 0 bridgehead atoms. The third kappa shape index (κ3) is 6.08. The summed E-state index contributed by atoms with van der Waals surface area (Å²) in [5.41, 5.74) is 1.51. The lowest BCUT2D eigenvalue weighted by atomic mass is 10.1. The molecule has 120 valence electrons. The van der Waals surface area contributed by atoms with Crippen LogP contribution >= 0.6 is 11.6 Å². The van der Waals surface area contributed by atoms with Crippen molar-refractivity contribution in [3.05, 3.63) is 64.9 Å². The average molecular weight is 333 g/mol. The van der Waals surface area contributed by atoms with Crippen LogP contribution in [-0.4, -0.2) is 30.0 Å². The Morgan fingerprint density at radius 2 is 1.96 bits per heavy atom. The summed E-state index contributed by atoms with van der Waals surface area (Å²) >= 11 is 5.88. The standard InChI is InChI=1S/C17H17ClN2O3/c18-15-3-1-2-13(12-15)4-5-16(21)23-11-10-20-17(22)14-6-8-19-9-7-14/h1-3,6-9,12H,4-5,10-11H2,(H,20,22). The Bertz CT molecular complexity index is 662. The highest BCUT2D eigenvalue weighted by molar-refractivity contribution is 6.30. The van der Waals surface area contributed by atoms with Crippen LogP contribution < -0.4 is 5.32 Å². The molecule has 0 aliphatic heterocycles. The van der Waals surface area contributed by atoms with E-state index in [0.29, 0.717) is 17.0 Å². The third-order valence-corrected chi connectivity index (χ3v) is 3.34. The van der Waals surface area contributed by atoms with Gasteiger partial charge in [0.25, 0.3) is 5.91 Å². The topological polar surface area (TPSA) is 68.3 Å². The minimum absolute atomic E-state index is 0.144. The summed E-state index contributed by atoms with van der Waals surface area (Å²) in [5.74, 6) is -0.523. The monoisotopic (exact) mass is 332 g/mol. The molecule has 0 unspecified atom stereocenters. The van der Waals surface area contributed by atoms with E-state index in [2.05, 4.69) is 10.3 Å². The SMILES string of the molecule is O=C(CCc1cccc(Cl)c1)OCCNC(=O)c1ccncc1. The van der Waals surface area contributed by atoms with Gasteiger partial charge in [0.2, 0.25) is 0 Å². The van der Waals surface area contributed by atoms with Gasteiger partial charge in [-0.15, -0.1) is 0 Å². The van der Waals surface area contributed by atoms with Crippen LogP contribution in [0.1, 0.15) is 22.3 Å². The number of hydrogen-bond donors (Lipinski definition) is 1. The zero-order valence-corrected chi connectivity index (χ0v) is 13.3. The number of rotatable bonds is 7. The van der Waals surface area contributed by atoms with E-state index < -0.39 is 0 Å². The summed E-state index contributed by atoms with van der Waals surface area (Å²) in [6.07, 6.45) is 3.94. The predicted octanol–water partition coefficient (Wildman–Crippen LogP) is 2.64. The van der Waals surface area contributed by atoms with E-state index in [1.807, 2.05) is 18.2 Å². The molecule has 1 aromatic heterocycles. The van der Waals surface area contributed by atoms with Crippen molar-refractivity contribution >= 4 is 23.5 Å². The Morgan fingerprint density at radius 1 is 1.17 bits per heavy atom. The maximum absolute atomic E-state index is 11.7. The molecule has 23 heavy (non-hydrogen) atoms. The molecule has 5 nitrogen and oxygen atoms in total. The van der Waals surface area contributed by atoms with Crippen LogP contribution in [0, 0.1) is 0 Å². The van der Waals surface area contributed by atoms with Gasteiger partial charge in [-0.05, 0) is 36.2 Å². The molecule has 0 radical (unpaired) electrons. The molecule has 0 spiro atoms. The van der Waals surface area contributed by atoms with Gasteiger partial charge < -0.3 is 10.1 Å². The van der Waals surface area contributed by atoms with E-state index in [1.54, 1.807) is 30.6 Å². The summed E-state index contributed by atoms with van der Waals surface area (Å²) in [6, 6.07) is 10.6. The van der Waals surface area contributed by atoms with Crippen LogP contribution in [0.3, 0.4) is 0 Å². The first kappa shape index (κ1) is 17.0. The fourth-order valence-corrected chi connectivity index (χ4v) is 2.16. The molecule has 6 heteroatoms. The maximum atomic E-state index is 11.7. The Kier molecular flexibility index (Phi) is 6.56. The van der Waals surface area contributed by atoms with Gasteiger partial charge in [0.1, 0.15) is 6.61 Å². The molecule has 1 heterocycles. The number of carbonyl (C=O) groups is 2. The molecular formula is C17H17ClN2O3. The molecular weight excluding hydrogens is 316 g/mol. The molecule has 1 amide bonds. The number of benzene rings is 1. The lowest BCUT2D eigenvalue weighted by Gasteiger charge is -2.07. The molecule has 2 rings (SSSR count). The molecule has 2 aromatic rings. The third-order valence-electron chi connectivity index (χ3n) is 3.10. The number of aromatic nitrogens is 1. The van der Waals surface area contributed by atoms with Crippen LogP contribution in [0.2, 0.25) is 5.02 Å². The van der Waals surface area contributed by atoms with Gasteiger partial charge >= 0.3 is 5.97 Å². The van der Waals surface area contributed by atoms with E-state index in [0.717, 1.165) is 5.56 Å². The Hall–Kier alpha value is -2.40. The Balaban J connectivity index is 1.62. The summed E-state index contributed by atoms with van der Waals surface area (Å²) in [6.45, 7) is 0.412. The normalized spacial score (nSPS) is 10.1. The van der Waals surface area contributed by atoms with Gasteiger partial charge in [0.05, 0.1) is 6.54 Å². The predicted molar refractivity (Wildman–Crippen MR) is 87.3 cm³/mol. The van der Waals surface area contributed by atoms with Crippen LogP contribution in [0.5, 0.6) is 0 Å². The number of esters is 1. The van der Waals surface area contributed by atoms with Gasteiger partial charge in [-0.3, -0.25) is 14.6 Å². The summed E-state index contributed by atoms with van der Waals surface area (Å²) in [7, 11) is 0. The Morgan fingerprint density at radius 3 is 2.70 bits per heavy atom. The van der Waals surface area contributed by atoms with Gasteiger partial charge in [-0.1, -0.05) is 23.7 Å². The molecule has 0 aliphatic rings. The number of nitrogens with zero attached hydrogens (tertiary/aromatic N) is 1. The van der Waals surface area contributed by atoms with Crippen LogP contribution in [0.15, 0.2) is 48.8 Å². The molecule has 0 fully saturated rings. The van der Waals surface area contributed by atoms with Crippen molar-refractivity contribution in [1.82, 2.24) is 10.3 Å². The number of ether oxygens (including phenoxy) is 1. The number of halogens is 1.